The summed E-state index contributed by atoms with van der Waals surface area (Å²) in [5, 5.41) is 5.28. The molecule has 1 fully saturated rings. The largest absolute Gasteiger partial charge is 0.412 e. The van der Waals surface area contributed by atoms with E-state index in [0.717, 1.165) is 12.5 Å². The molecule has 4 N–H and O–H groups in total. The van der Waals surface area contributed by atoms with E-state index in [1.54, 1.807) is 24.9 Å². The standard InChI is InChI=1S/C20H29N3O3.C8H17N.C6H6.C3H8.H2O/c1-15(2)18(23(4)19(25)13-21-14-24)12-16(3)20(26)22-11-10-17-8-6-5-7-9-17;1-8(2)9-6-4-3-5-7-9;1-2-4-6-5-3-1;1-3-2;/h5-9,12,14-15,18H,10-11,13H2,1-4H3,(H,21,24)(H,22,26);8H,3-7H2,1-2H3;1-6H;3H2,1-2H3;1H2/b16-12+;;;;/t18-;;;;/m1..../s1. The molecular weight excluding hydrogens is 564 g/mol. The summed E-state index contributed by atoms with van der Waals surface area (Å²) >= 11 is 0. The number of amides is 3. The van der Waals surface area contributed by atoms with E-state index in [1.807, 2.05) is 80.6 Å². The van der Waals surface area contributed by atoms with Crippen LogP contribution in [0.15, 0.2) is 78.4 Å². The SMILES string of the molecule is C/C(=C\[C@H](C(C)C)N(C)C(=O)CNC=O)C(=O)NCCc1ccccc1.CC(C)N1CCCCC1.CCC.O.c1ccccc1. The van der Waals surface area contributed by atoms with Crippen LogP contribution in [0, 0.1) is 5.92 Å². The first-order valence-electron chi connectivity index (χ1n) is 16.3. The van der Waals surface area contributed by atoms with E-state index < -0.39 is 0 Å². The quantitative estimate of drug-likeness (QED) is 0.247. The monoisotopic (exact) mass is 626 g/mol. The lowest BCUT2D eigenvalue weighted by Crippen LogP contribution is -2.43. The van der Waals surface area contributed by atoms with Gasteiger partial charge in [0.1, 0.15) is 0 Å². The highest BCUT2D eigenvalue weighted by molar-refractivity contribution is 5.93. The Labute approximate surface area is 274 Å². The van der Waals surface area contributed by atoms with Crippen molar-refractivity contribution in [1.82, 2.24) is 20.4 Å². The Morgan fingerprint density at radius 3 is 1.80 bits per heavy atom. The summed E-state index contributed by atoms with van der Waals surface area (Å²) in [6, 6.07) is 22.5. The van der Waals surface area contributed by atoms with Crippen LogP contribution in [0.5, 0.6) is 0 Å². The second kappa shape index (κ2) is 28.0. The van der Waals surface area contributed by atoms with Crippen LogP contribution in [0.25, 0.3) is 0 Å². The zero-order valence-corrected chi connectivity index (χ0v) is 29.2. The Morgan fingerprint density at radius 1 is 0.889 bits per heavy atom. The highest BCUT2D eigenvalue weighted by Crippen LogP contribution is 2.14. The van der Waals surface area contributed by atoms with Crippen LogP contribution < -0.4 is 10.6 Å². The van der Waals surface area contributed by atoms with Crippen molar-refractivity contribution in [1.29, 1.82) is 0 Å². The summed E-state index contributed by atoms with van der Waals surface area (Å²) in [6.45, 7) is 17.7. The van der Waals surface area contributed by atoms with Gasteiger partial charge < -0.3 is 25.9 Å². The van der Waals surface area contributed by atoms with E-state index in [2.05, 4.69) is 43.2 Å². The van der Waals surface area contributed by atoms with Gasteiger partial charge >= 0.3 is 0 Å². The van der Waals surface area contributed by atoms with Gasteiger partial charge in [0.15, 0.2) is 0 Å². The molecule has 0 bridgehead atoms. The molecule has 0 spiro atoms. The summed E-state index contributed by atoms with van der Waals surface area (Å²) in [5.41, 5.74) is 1.74. The third-order valence-corrected chi connectivity index (χ3v) is 6.97. The summed E-state index contributed by atoms with van der Waals surface area (Å²) in [7, 11) is 1.68. The molecule has 1 heterocycles. The number of hydrogen-bond donors (Lipinski definition) is 2. The lowest BCUT2D eigenvalue weighted by atomic mass is 9.99. The summed E-state index contributed by atoms with van der Waals surface area (Å²) in [4.78, 5) is 38.9. The maximum Gasteiger partial charge on any atom is 0.246 e. The lowest BCUT2D eigenvalue weighted by molar-refractivity contribution is -0.132. The Kier molecular flexibility index (Phi) is 27.2. The number of carbonyl (C=O) groups is 3. The van der Waals surface area contributed by atoms with Crippen molar-refractivity contribution < 1.29 is 19.9 Å². The molecule has 0 saturated carbocycles. The zero-order chi connectivity index (χ0) is 33.2. The predicted molar refractivity (Wildman–Crippen MR) is 189 cm³/mol. The van der Waals surface area contributed by atoms with Crippen LogP contribution >= 0.6 is 0 Å². The highest BCUT2D eigenvalue weighted by atomic mass is 16.2. The van der Waals surface area contributed by atoms with Gasteiger partial charge in [-0.1, -0.05) is 113 Å². The van der Waals surface area contributed by atoms with E-state index >= 15 is 0 Å². The summed E-state index contributed by atoms with van der Waals surface area (Å²) < 4.78 is 0. The first kappa shape index (κ1) is 43.6. The number of likely N-dealkylation sites (tertiary alicyclic amines) is 1. The maximum atomic E-state index is 12.3. The lowest BCUT2D eigenvalue weighted by Gasteiger charge is -2.29. The van der Waals surface area contributed by atoms with Gasteiger partial charge in [-0.15, -0.1) is 0 Å². The third-order valence-electron chi connectivity index (χ3n) is 6.97. The third kappa shape index (κ3) is 21.8. The minimum atomic E-state index is -0.226. The Balaban J connectivity index is 0. The van der Waals surface area contributed by atoms with Crippen LogP contribution in [-0.2, 0) is 20.8 Å². The molecule has 2 aromatic rings. The number of nitrogens with zero attached hydrogens (tertiary/aromatic N) is 2. The molecule has 1 aliphatic rings. The molecule has 1 aliphatic heterocycles. The molecule has 1 atom stereocenters. The van der Waals surface area contributed by atoms with Crippen molar-refractivity contribution in [3.63, 3.8) is 0 Å². The molecule has 3 amide bonds. The van der Waals surface area contributed by atoms with Gasteiger partial charge in [0.25, 0.3) is 0 Å². The van der Waals surface area contributed by atoms with Crippen LogP contribution in [0.1, 0.15) is 79.7 Å². The van der Waals surface area contributed by atoms with Crippen molar-refractivity contribution in [3.8, 4) is 0 Å². The number of hydrogen-bond acceptors (Lipinski definition) is 4. The van der Waals surface area contributed by atoms with E-state index in [-0.39, 0.29) is 35.8 Å². The van der Waals surface area contributed by atoms with E-state index in [0.29, 0.717) is 18.5 Å². The topological polar surface area (TPSA) is 113 Å². The smallest absolute Gasteiger partial charge is 0.246 e. The molecule has 1 saturated heterocycles. The number of carbonyl (C=O) groups excluding carboxylic acids is 3. The number of piperidine rings is 1. The molecule has 0 radical (unpaired) electrons. The highest BCUT2D eigenvalue weighted by Gasteiger charge is 2.22. The maximum absolute atomic E-state index is 12.3. The van der Waals surface area contributed by atoms with Crippen LogP contribution in [0.4, 0.5) is 0 Å². The van der Waals surface area contributed by atoms with Crippen LogP contribution in [0.3, 0.4) is 0 Å². The van der Waals surface area contributed by atoms with Crippen molar-refractivity contribution >= 4 is 18.2 Å². The normalized spacial score (nSPS) is 13.2. The fourth-order valence-corrected chi connectivity index (χ4v) is 4.43. The zero-order valence-electron chi connectivity index (χ0n) is 29.2. The second-order valence-corrected chi connectivity index (χ2v) is 11.6. The van der Waals surface area contributed by atoms with Crippen molar-refractivity contribution in [2.75, 3.05) is 33.2 Å². The number of nitrogens with one attached hydrogen (secondary N) is 2. The fraction of sp³-hybridized carbons (Fsp3) is 0.541. The molecule has 45 heavy (non-hydrogen) atoms. The Morgan fingerprint density at radius 2 is 1.38 bits per heavy atom. The summed E-state index contributed by atoms with van der Waals surface area (Å²) in [6.07, 6.45) is 8.60. The molecule has 0 aromatic heterocycles. The minimum absolute atomic E-state index is 0. The minimum Gasteiger partial charge on any atom is -0.412 e. The van der Waals surface area contributed by atoms with Gasteiger partial charge in [-0.25, -0.2) is 0 Å². The van der Waals surface area contributed by atoms with Crippen LogP contribution in [0.2, 0.25) is 0 Å². The van der Waals surface area contributed by atoms with Crippen LogP contribution in [-0.4, -0.2) is 78.8 Å². The van der Waals surface area contributed by atoms with Gasteiger partial charge in [-0.3, -0.25) is 14.4 Å². The molecular formula is C37H62N4O4. The first-order chi connectivity index (χ1) is 21.1. The summed E-state index contributed by atoms with van der Waals surface area (Å²) in [5.74, 6) is -0.213. The average Bonchev–Trinajstić information content (AvgIpc) is 3.04. The molecule has 2 aromatic carbocycles. The molecule has 8 nitrogen and oxygen atoms in total. The van der Waals surface area contributed by atoms with Gasteiger partial charge in [-0.2, -0.15) is 0 Å². The van der Waals surface area contributed by atoms with Gasteiger partial charge in [-0.05, 0) is 64.6 Å². The van der Waals surface area contributed by atoms with Gasteiger partial charge in [0.2, 0.25) is 18.2 Å². The fourth-order valence-electron chi connectivity index (χ4n) is 4.43. The Hall–Kier alpha value is -3.49. The predicted octanol–water partition coefficient (Wildman–Crippen LogP) is 5.68. The van der Waals surface area contributed by atoms with E-state index in [4.69, 9.17) is 0 Å². The van der Waals surface area contributed by atoms with E-state index in [1.165, 1.54) is 44.3 Å². The molecule has 8 heteroatoms. The van der Waals surface area contributed by atoms with Crippen molar-refractivity contribution in [3.05, 3.63) is 83.9 Å². The average molecular weight is 627 g/mol. The van der Waals surface area contributed by atoms with E-state index in [9.17, 15) is 14.4 Å². The molecule has 0 aliphatic carbocycles. The molecule has 0 unspecified atom stereocenters. The van der Waals surface area contributed by atoms with Gasteiger partial charge in [0.05, 0.1) is 12.6 Å². The number of likely N-dealkylation sites (N-methyl/N-ethyl adjacent to an activating group) is 1. The molecule has 3 rings (SSSR count). The van der Waals surface area contributed by atoms with Gasteiger partial charge in [0, 0.05) is 25.2 Å². The van der Waals surface area contributed by atoms with Crippen molar-refractivity contribution in [2.24, 2.45) is 5.92 Å². The Bertz CT molecular complexity index is 997. The number of rotatable bonds is 11. The number of benzene rings is 2. The molecule has 254 valence electrons. The second-order valence-electron chi connectivity index (χ2n) is 11.6. The van der Waals surface area contributed by atoms with Crippen molar-refractivity contribution in [2.45, 2.75) is 92.7 Å². The first-order valence-corrected chi connectivity index (χ1v) is 16.3.